The fourth-order valence-electron chi connectivity index (χ4n) is 1.98. The molecule has 4 nitrogen and oxygen atoms in total. The van der Waals surface area contributed by atoms with Crippen LogP contribution >= 0.6 is 11.3 Å². The average Bonchev–Trinajstić information content (AvgIpc) is 2.96. The number of hydrogen-bond donors (Lipinski definition) is 0. The predicted octanol–water partition coefficient (Wildman–Crippen LogP) is 3.57. The van der Waals surface area contributed by atoms with E-state index in [2.05, 4.69) is 30.9 Å². The third-order valence-corrected chi connectivity index (χ3v) is 4.37. The first-order valence-corrected chi connectivity index (χ1v) is 7.23. The zero-order valence-corrected chi connectivity index (χ0v) is 12.4. The highest BCUT2D eigenvalue weighted by atomic mass is 32.1. The average molecular weight is 285 g/mol. The third-order valence-electron chi connectivity index (χ3n) is 3.04. The van der Waals surface area contributed by atoms with Crippen LogP contribution in [0.5, 0.6) is 0 Å². The number of fused-ring (bicyclic) bond motifs is 1. The molecule has 0 aliphatic heterocycles. The number of imidazole rings is 1. The highest BCUT2D eigenvalue weighted by molar-refractivity contribution is 7.16. The summed E-state index contributed by atoms with van der Waals surface area (Å²) in [6.45, 7) is 6.30. The molecule has 0 unspecified atom stereocenters. The van der Waals surface area contributed by atoms with E-state index in [0.717, 1.165) is 21.8 Å². The van der Waals surface area contributed by atoms with E-state index in [1.807, 2.05) is 30.3 Å². The molecule has 0 aliphatic rings. The van der Waals surface area contributed by atoms with E-state index in [0.29, 0.717) is 11.4 Å². The second-order valence-electron chi connectivity index (χ2n) is 5.68. The smallest absolute Gasteiger partial charge is 0.213 e. The number of carbonyl (C=O) groups excluding carboxylic acids is 1. The number of hydrogen-bond acceptors (Lipinski definition) is 4. The molecule has 2 heterocycles. The summed E-state index contributed by atoms with van der Waals surface area (Å²) < 4.78 is 1.65. The van der Waals surface area contributed by atoms with Crippen molar-refractivity contribution in [2.45, 2.75) is 26.2 Å². The molecule has 0 fully saturated rings. The summed E-state index contributed by atoms with van der Waals surface area (Å²) in [4.78, 5) is 16.8. The lowest BCUT2D eigenvalue weighted by Gasteiger charge is -2.12. The molecule has 0 aliphatic carbocycles. The highest BCUT2D eigenvalue weighted by Gasteiger charge is 2.23. The minimum Gasteiger partial charge on any atom is -0.296 e. The molecule has 0 saturated carbocycles. The molecule has 3 aromatic rings. The maximum absolute atomic E-state index is 11.4. The van der Waals surface area contributed by atoms with Crippen LogP contribution in [0.4, 0.5) is 0 Å². The molecule has 0 bridgehead atoms. The first-order chi connectivity index (χ1) is 9.50. The summed E-state index contributed by atoms with van der Waals surface area (Å²) in [6, 6.07) is 9.71. The topological polar surface area (TPSA) is 47.3 Å². The standard InChI is InChI=1S/C15H15N3OS/c1-15(2,3)13-17-18-11(9-19)12(16-14(18)20-13)10-7-5-4-6-8-10/h4-9H,1-3H3. The van der Waals surface area contributed by atoms with Gasteiger partial charge in [-0.2, -0.15) is 9.61 Å². The van der Waals surface area contributed by atoms with Crippen LogP contribution in [-0.2, 0) is 5.41 Å². The molecule has 3 rings (SSSR count). The molecule has 20 heavy (non-hydrogen) atoms. The molecule has 0 N–H and O–H groups in total. The van der Waals surface area contributed by atoms with Crippen LogP contribution < -0.4 is 0 Å². The van der Waals surface area contributed by atoms with Crippen LogP contribution in [0, 0.1) is 0 Å². The van der Waals surface area contributed by atoms with E-state index in [-0.39, 0.29) is 5.41 Å². The zero-order chi connectivity index (χ0) is 14.3. The van der Waals surface area contributed by atoms with Gasteiger partial charge in [0.15, 0.2) is 6.29 Å². The van der Waals surface area contributed by atoms with E-state index in [4.69, 9.17) is 0 Å². The van der Waals surface area contributed by atoms with Gasteiger partial charge in [0.2, 0.25) is 4.96 Å². The molecule has 2 aromatic heterocycles. The third kappa shape index (κ3) is 2.04. The van der Waals surface area contributed by atoms with Crippen molar-refractivity contribution in [3.8, 4) is 11.3 Å². The van der Waals surface area contributed by atoms with Crippen molar-refractivity contribution >= 4 is 22.6 Å². The number of benzene rings is 1. The Labute approximate surface area is 121 Å². The monoisotopic (exact) mass is 285 g/mol. The Kier molecular flexibility index (Phi) is 2.94. The van der Waals surface area contributed by atoms with Crippen molar-refractivity contribution in [2.24, 2.45) is 0 Å². The number of aromatic nitrogens is 3. The lowest BCUT2D eigenvalue weighted by molar-refractivity contribution is 0.111. The van der Waals surface area contributed by atoms with E-state index in [1.165, 1.54) is 11.3 Å². The number of nitrogens with zero attached hydrogens (tertiary/aromatic N) is 3. The highest BCUT2D eigenvalue weighted by Crippen LogP contribution is 2.30. The van der Waals surface area contributed by atoms with Gasteiger partial charge in [-0.1, -0.05) is 62.4 Å². The van der Waals surface area contributed by atoms with E-state index in [1.54, 1.807) is 4.52 Å². The molecule has 0 saturated heterocycles. The Balaban J connectivity index is 2.22. The molecule has 1 aromatic carbocycles. The quantitative estimate of drug-likeness (QED) is 0.676. The van der Waals surface area contributed by atoms with Gasteiger partial charge in [0.25, 0.3) is 0 Å². The largest absolute Gasteiger partial charge is 0.296 e. The van der Waals surface area contributed by atoms with Crippen LogP contribution in [0.2, 0.25) is 0 Å². The summed E-state index contributed by atoms with van der Waals surface area (Å²) in [6.07, 6.45) is 0.828. The van der Waals surface area contributed by atoms with Crippen LogP contribution in [0.25, 0.3) is 16.2 Å². The maximum atomic E-state index is 11.4. The van der Waals surface area contributed by atoms with Crippen molar-refractivity contribution in [1.82, 2.24) is 14.6 Å². The Bertz CT molecular complexity index is 766. The summed E-state index contributed by atoms with van der Waals surface area (Å²) in [7, 11) is 0. The Morgan fingerprint density at radius 2 is 1.90 bits per heavy atom. The number of aldehydes is 1. The van der Waals surface area contributed by atoms with Crippen LogP contribution in [0.15, 0.2) is 30.3 Å². The van der Waals surface area contributed by atoms with Gasteiger partial charge in [0.1, 0.15) is 16.4 Å². The SMILES string of the molecule is CC(C)(C)c1nn2c(C=O)c(-c3ccccc3)nc2s1. The van der Waals surface area contributed by atoms with E-state index in [9.17, 15) is 4.79 Å². The van der Waals surface area contributed by atoms with E-state index >= 15 is 0 Å². The van der Waals surface area contributed by atoms with Gasteiger partial charge < -0.3 is 0 Å². The second-order valence-corrected chi connectivity index (χ2v) is 6.64. The fourth-order valence-corrected chi connectivity index (χ4v) is 2.95. The van der Waals surface area contributed by atoms with Gasteiger partial charge in [-0.05, 0) is 0 Å². The predicted molar refractivity (Wildman–Crippen MR) is 80.4 cm³/mol. The van der Waals surface area contributed by atoms with Crippen molar-refractivity contribution < 1.29 is 4.79 Å². The molecule has 0 spiro atoms. The van der Waals surface area contributed by atoms with Gasteiger partial charge in [0.05, 0.1) is 0 Å². The van der Waals surface area contributed by atoms with Gasteiger partial charge >= 0.3 is 0 Å². The summed E-state index contributed by atoms with van der Waals surface area (Å²) in [5.74, 6) is 0. The molecule has 0 atom stereocenters. The minimum absolute atomic E-state index is 0.0432. The molecule has 5 heteroatoms. The van der Waals surface area contributed by atoms with E-state index < -0.39 is 0 Å². The van der Waals surface area contributed by atoms with Crippen LogP contribution in [0.3, 0.4) is 0 Å². The first kappa shape index (κ1) is 13.0. The molecule has 0 amide bonds. The summed E-state index contributed by atoms with van der Waals surface area (Å²) in [5, 5.41) is 5.52. The van der Waals surface area contributed by atoms with Gasteiger partial charge in [0, 0.05) is 11.0 Å². The molecular weight excluding hydrogens is 270 g/mol. The molecule has 102 valence electrons. The normalized spacial score (nSPS) is 11.9. The van der Waals surface area contributed by atoms with Gasteiger partial charge in [-0.15, -0.1) is 0 Å². The fraction of sp³-hybridized carbons (Fsp3) is 0.267. The number of carbonyl (C=O) groups is 1. The summed E-state index contributed by atoms with van der Waals surface area (Å²) in [5.41, 5.74) is 2.10. The Hall–Kier alpha value is -2.01. The first-order valence-electron chi connectivity index (χ1n) is 6.41. The molecular formula is C15H15N3OS. The van der Waals surface area contributed by atoms with Crippen molar-refractivity contribution in [3.63, 3.8) is 0 Å². The van der Waals surface area contributed by atoms with Crippen LogP contribution in [-0.4, -0.2) is 20.9 Å². The Morgan fingerprint density at radius 3 is 2.50 bits per heavy atom. The van der Waals surface area contributed by atoms with Crippen molar-refractivity contribution in [3.05, 3.63) is 41.0 Å². The van der Waals surface area contributed by atoms with Gasteiger partial charge in [-0.3, -0.25) is 4.79 Å². The summed E-state index contributed by atoms with van der Waals surface area (Å²) >= 11 is 1.53. The van der Waals surface area contributed by atoms with Crippen molar-refractivity contribution in [1.29, 1.82) is 0 Å². The zero-order valence-electron chi connectivity index (χ0n) is 11.6. The minimum atomic E-state index is -0.0432. The van der Waals surface area contributed by atoms with Gasteiger partial charge in [-0.25, -0.2) is 4.98 Å². The maximum Gasteiger partial charge on any atom is 0.213 e. The van der Waals surface area contributed by atoms with Crippen molar-refractivity contribution in [2.75, 3.05) is 0 Å². The second kappa shape index (κ2) is 4.52. The molecule has 0 radical (unpaired) electrons. The lowest BCUT2D eigenvalue weighted by Crippen LogP contribution is -2.11. The van der Waals surface area contributed by atoms with Crippen LogP contribution in [0.1, 0.15) is 36.3 Å². The Morgan fingerprint density at radius 1 is 1.20 bits per heavy atom. The number of rotatable bonds is 2. The lowest BCUT2D eigenvalue weighted by atomic mass is 9.98.